The van der Waals surface area contributed by atoms with E-state index in [4.69, 9.17) is 5.11 Å². The summed E-state index contributed by atoms with van der Waals surface area (Å²) in [6, 6.07) is 5.90. The molecule has 0 atom stereocenters. The third kappa shape index (κ3) is 4.66. The van der Waals surface area contributed by atoms with E-state index in [1.807, 2.05) is 12.1 Å². The standard InChI is InChI=1S/C16H26FN3O/c1-13(2)18-12-14-3-4-16(15(17)11-14)20-7-5-19(6-8-20)9-10-21/h3-4,11,13,18,21H,5-10,12H2,1-2H3. The molecule has 0 saturated carbocycles. The zero-order chi connectivity index (χ0) is 15.2. The normalized spacial score (nSPS) is 16.7. The van der Waals surface area contributed by atoms with E-state index in [1.165, 1.54) is 0 Å². The molecule has 4 nitrogen and oxygen atoms in total. The molecular weight excluding hydrogens is 269 g/mol. The van der Waals surface area contributed by atoms with E-state index < -0.39 is 0 Å². The lowest BCUT2D eigenvalue weighted by atomic mass is 10.1. The van der Waals surface area contributed by atoms with Crippen LogP contribution in [-0.2, 0) is 6.54 Å². The van der Waals surface area contributed by atoms with E-state index in [9.17, 15) is 4.39 Å². The largest absolute Gasteiger partial charge is 0.395 e. The molecule has 0 radical (unpaired) electrons. The van der Waals surface area contributed by atoms with Crippen LogP contribution in [0.4, 0.5) is 10.1 Å². The number of nitrogens with one attached hydrogen (secondary N) is 1. The number of aliphatic hydroxyl groups excluding tert-OH is 1. The maximum atomic E-state index is 14.3. The fourth-order valence-corrected chi connectivity index (χ4v) is 2.59. The number of aliphatic hydroxyl groups is 1. The summed E-state index contributed by atoms with van der Waals surface area (Å²) in [5, 5.41) is 12.2. The predicted molar refractivity (Wildman–Crippen MR) is 84.1 cm³/mol. The van der Waals surface area contributed by atoms with Crippen molar-refractivity contribution >= 4 is 5.69 Å². The average Bonchev–Trinajstić information content (AvgIpc) is 2.47. The molecule has 1 heterocycles. The van der Waals surface area contributed by atoms with E-state index in [0.29, 0.717) is 24.8 Å². The SMILES string of the molecule is CC(C)NCc1ccc(N2CCN(CCO)CC2)c(F)c1. The van der Waals surface area contributed by atoms with Crippen LogP contribution in [0.2, 0.25) is 0 Å². The lowest BCUT2D eigenvalue weighted by molar-refractivity contribution is 0.188. The topological polar surface area (TPSA) is 38.7 Å². The van der Waals surface area contributed by atoms with Crippen LogP contribution in [0.1, 0.15) is 19.4 Å². The summed E-state index contributed by atoms with van der Waals surface area (Å²) in [5.74, 6) is -0.145. The Balaban J connectivity index is 1.95. The number of anilines is 1. The van der Waals surface area contributed by atoms with Gasteiger partial charge in [-0.25, -0.2) is 4.39 Å². The Bertz CT molecular complexity index is 445. The Morgan fingerprint density at radius 3 is 2.52 bits per heavy atom. The summed E-state index contributed by atoms with van der Waals surface area (Å²) < 4.78 is 14.3. The highest BCUT2D eigenvalue weighted by molar-refractivity contribution is 5.49. The van der Waals surface area contributed by atoms with Gasteiger partial charge >= 0.3 is 0 Å². The lowest BCUT2D eigenvalue weighted by Gasteiger charge is -2.36. The van der Waals surface area contributed by atoms with Crippen LogP contribution in [0.5, 0.6) is 0 Å². The molecule has 0 spiro atoms. The van der Waals surface area contributed by atoms with Gasteiger partial charge in [-0.15, -0.1) is 0 Å². The van der Waals surface area contributed by atoms with Gasteiger partial charge in [0.1, 0.15) is 5.82 Å². The molecule has 1 aromatic carbocycles. The molecule has 0 unspecified atom stereocenters. The third-order valence-corrected chi connectivity index (χ3v) is 3.86. The molecule has 1 saturated heterocycles. The first-order chi connectivity index (χ1) is 10.1. The van der Waals surface area contributed by atoms with Crippen LogP contribution in [0, 0.1) is 5.82 Å². The third-order valence-electron chi connectivity index (χ3n) is 3.86. The fraction of sp³-hybridized carbons (Fsp3) is 0.625. The van der Waals surface area contributed by atoms with Crippen molar-refractivity contribution in [2.45, 2.75) is 26.4 Å². The van der Waals surface area contributed by atoms with Gasteiger partial charge in [0.25, 0.3) is 0 Å². The Kier molecular flexibility index (Phi) is 5.96. The van der Waals surface area contributed by atoms with Gasteiger partial charge < -0.3 is 15.3 Å². The van der Waals surface area contributed by atoms with E-state index in [0.717, 1.165) is 31.7 Å². The maximum absolute atomic E-state index is 14.3. The molecule has 5 heteroatoms. The number of hydrogen-bond donors (Lipinski definition) is 2. The van der Waals surface area contributed by atoms with Gasteiger partial charge in [-0.05, 0) is 17.7 Å². The van der Waals surface area contributed by atoms with Crippen LogP contribution in [0.3, 0.4) is 0 Å². The smallest absolute Gasteiger partial charge is 0.146 e. The van der Waals surface area contributed by atoms with Gasteiger partial charge in [0.05, 0.1) is 12.3 Å². The van der Waals surface area contributed by atoms with E-state index in [1.54, 1.807) is 6.07 Å². The zero-order valence-electron chi connectivity index (χ0n) is 13.0. The molecule has 0 amide bonds. The molecule has 1 aliphatic rings. The highest BCUT2D eigenvalue weighted by Gasteiger charge is 2.19. The number of halogens is 1. The molecule has 118 valence electrons. The van der Waals surface area contributed by atoms with Gasteiger partial charge in [0.2, 0.25) is 0 Å². The van der Waals surface area contributed by atoms with Crippen LogP contribution in [0.25, 0.3) is 0 Å². The van der Waals surface area contributed by atoms with Crippen LogP contribution < -0.4 is 10.2 Å². The second kappa shape index (κ2) is 7.73. The summed E-state index contributed by atoms with van der Waals surface area (Å²) in [5.41, 5.74) is 1.66. The molecule has 1 aliphatic heterocycles. The molecule has 2 N–H and O–H groups in total. The molecule has 2 rings (SSSR count). The van der Waals surface area contributed by atoms with Gasteiger partial charge in [-0.3, -0.25) is 4.90 Å². The quantitative estimate of drug-likeness (QED) is 0.833. The van der Waals surface area contributed by atoms with Crippen molar-refractivity contribution in [1.29, 1.82) is 0 Å². The van der Waals surface area contributed by atoms with Gasteiger partial charge in [-0.1, -0.05) is 19.9 Å². The molecule has 0 aromatic heterocycles. The van der Waals surface area contributed by atoms with E-state index in [2.05, 4.69) is 29.0 Å². The highest BCUT2D eigenvalue weighted by atomic mass is 19.1. The molecule has 0 aliphatic carbocycles. The van der Waals surface area contributed by atoms with Crippen molar-refractivity contribution in [3.05, 3.63) is 29.6 Å². The zero-order valence-corrected chi connectivity index (χ0v) is 13.0. The predicted octanol–water partition coefficient (Wildman–Crippen LogP) is 1.44. The Morgan fingerprint density at radius 1 is 1.24 bits per heavy atom. The molecular formula is C16H26FN3O. The monoisotopic (exact) mass is 295 g/mol. The number of rotatable bonds is 6. The van der Waals surface area contributed by atoms with Crippen molar-refractivity contribution in [1.82, 2.24) is 10.2 Å². The van der Waals surface area contributed by atoms with Crippen molar-refractivity contribution in [3.8, 4) is 0 Å². The van der Waals surface area contributed by atoms with Crippen molar-refractivity contribution in [2.75, 3.05) is 44.2 Å². The maximum Gasteiger partial charge on any atom is 0.146 e. The number of piperazine rings is 1. The van der Waals surface area contributed by atoms with Gasteiger partial charge in [-0.2, -0.15) is 0 Å². The summed E-state index contributed by atoms with van der Waals surface area (Å²) in [6.45, 7) is 9.10. The number of benzene rings is 1. The number of nitrogens with zero attached hydrogens (tertiary/aromatic N) is 2. The summed E-state index contributed by atoms with van der Waals surface area (Å²) in [4.78, 5) is 4.29. The molecule has 0 bridgehead atoms. The highest BCUT2D eigenvalue weighted by Crippen LogP contribution is 2.22. The number of hydrogen-bond acceptors (Lipinski definition) is 4. The lowest BCUT2D eigenvalue weighted by Crippen LogP contribution is -2.47. The summed E-state index contributed by atoms with van der Waals surface area (Å²) >= 11 is 0. The van der Waals surface area contributed by atoms with Crippen molar-refractivity contribution in [2.24, 2.45) is 0 Å². The number of β-amino-alcohol motifs (C(OH)–C–C–N with tert-alkyl or cyclic N) is 1. The average molecular weight is 295 g/mol. The van der Waals surface area contributed by atoms with Gasteiger partial charge in [0.15, 0.2) is 0 Å². The Morgan fingerprint density at radius 2 is 1.95 bits per heavy atom. The van der Waals surface area contributed by atoms with Gasteiger partial charge in [0, 0.05) is 45.3 Å². The van der Waals surface area contributed by atoms with Crippen molar-refractivity contribution in [3.63, 3.8) is 0 Å². The minimum atomic E-state index is -0.145. The fourth-order valence-electron chi connectivity index (χ4n) is 2.59. The van der Waals surface area contributed by atoms with E-state index >= 15 is 0 Å². The van der Waals surface area contributed by atoms with Crippen molar-refractivity contribution < 1.29 is 9.50 Å². The second-order valence-corrected chi connectivity index (χ2v) is 5.87. The first kappa shape index (κ1) is 16.2. The Hall–Kier alpha value is -1.17. The van der Waals surface area contributed by atoms with Crippen LogP contribution in [-0.4, -0.2) is 55.4 Å². The molecule has 1 aromatic rings. The molecule has 1 fully saturated rings. The first-order valence-electron chi connectivity index (χ1n) is 7.70. The minimum absolute atomic E-state index is 0.145. The first-order valence-corrected chi connectivity index (χ1v) is 7.70. The summed E-state index contributed by atoms with van der Waals surface area (Å²) in [6.07, 6.45) is 0. The Labute approximate surface area is 126 Å². The molecule has 21 heavy (non-hydrogen) atoms. The van der Waals surface area contributed by atoms with E-state index in [-0.39, 0.29) is 12.4 Å². The van der Waals surface area contributed by atoms with Crippen LogP contribution >= 0.6 is 0 Å². The summed E-state index contributed by atoms with van der Waals surface area (Å²) in [7, 11) is 0. The minimum Gasteiger partial charge on any atom is -0.395 e. The second-order valence-electron chi connectivity index (χ2n) is 5.87. The van der Waals surface area contributed by atoms with Crippen LogP contribution in [0.15, 0.2) is 18.2 Å².